The monoisotopic (exact) mass is 1020 g/mol. The Kier molecular flexibility index (Phi) is 44.4. The molecule has 116 valence electrons. The summed E-state index contributed by atoms with van der Waals surface area (Å²) in [7, 11) is 0. The molecule has 0 aromatic heterocycles. The van der Waals surface area contributed by atoms with E-state index in [0.29, 0.717) is 0 Å². The van der Waals surface area contributed by atoms with Gasteiger partial charge in [0.1, 0.15) is 0 Å². The van der Waals surface area contributed by atoms with Crippen molar-refractivity contribution >= 4 is 52.4 Å². The SMILES string of the molecule is [Bi].[Bi].[Fe+3].[Fe+3].[O]=[Mo](=[O])([O-])[O-].[O]=[Mo](=[O])([O-])[O-].[O]=[Mo](=[O])([O-])[O-]. The van der Waals surface area contributed by atoms with Gasteiger partial charge in [0, 0.05) is 52.4 Å². The van der Waals surface area contributed by atoms with E-state index in [1.807, 2.05) is 0 Å². The first-order valence-corrected chi connectivity index (χ1v) is 11.8. The van der Waals surface area contributed by atoms with Gasteiger partial charge in [0.15, 0.2) is 0 Å². The zero-order valence-corrected chi connectivity index (χ0v) is 22.9. The summed E-state index contributed by atoms with van der Waals surface area (Å²) in [5.41, 5.74) is 0. The Labute approximate surface area is 176 Å². The molecule has 0 heterocycles. The average molecular weight is 1010 g/mol. The van der Waals surface area contributed by atoms with E-state index in [4.69, 9.17) is 42.9 Å². The second kappa shape index (κ2) is 19.5. The zero-order chi connectivity index (χ0) is 13.5. The summed E-state index contributed by atoms with van der Waals surface area (Å²) < 4.78 is 104. The third-order valence-electron chi connectivity index (χ3n) is 0. The number of hydrogen-bond acceptors (Lipinski definition) is 12. The van der Waals surface area contributed by atoms with E-state index >= 15 is 0 Å². The minimum absolute atomic E-state index is 0. The summed E-state index contributed by atoms with van der Waals surface area (Å²) in [5, 5.41) is 0. The molecule has 0 aromatic rings. The van der Waals surface area contributed by atoms with Gasteiger partial charge in [0.2, 0.25) is 0 Å². The van der Waals surface area contributed by atoms with Gasteiger partial charge in [0.25, 0.3) is 0 Å². The molecule has 0 unspecified atom stereocenters. The van der Waals surface area contributed by atoms with E-state index in [1.54, 1.807) is 0 Å². The molecule has 0 amide bonds. The molecule has 0 N–H and O–H groups in total. The van der Waals surface area contributed by atoms with E-state index in [1.165, 1.54) is 0 Å². The zero-order valence-electron chi connectivity index (χ0n) is 7.73. The predicted molar refractivity (Wildman–Crippen MR) is 15.6 cm³/mol. The molecule has 12 nitrogen and oxygen atoms in total. The molecule has 0 bridgehead atoms. The van der Waals surface area contributed by atoms with Crippen molar-refractivity contribution < 1.29 is 127 Å². The Morgan fingerprint density at radius 1 is 0.421 bits per heavy atom. The van der Waals surface area contributed by atoms with Crippen LogP contribution < -0.4 is 22.6 Å². The van der Waals surface area contributed by atoms with Gasteiger partial charge in [-0.05, 0) is 0 Å². The third-order valence-corrected chi connectivity index (χ3v) is 0. The van der Waals surface area contributed by atoms with Crippen LogP contribution in [0.4, 0.5) is 0 Å². The Balaban J connectivity index is -0.0000000206. The van der Waals surface area contributed by atoms with Crippen LogP contribution >= 0.6 is 0 Å². The fourth-order valence-electron chi connectivity index (χ4n) is 0. The predicted octanol–water partition coefficient (Wildman–Crippen LogP) is -8.62. The van der Waals surface area contributed by atoms with Crippen LogP contribution in [0.25, 0.3) is 0 Å². The molecule has 19 heteroatoms. The van der Waals surface area contributed by atoms with E-state index in [0.717, 1.165) is 0 Å². The minimum atomic E-state index is -6.02. The van der Waals surface area contributed by atoms with Crippen molar-refractivity contribution in [2.24, 2.45) is 0 Å². The summed E-state index contributed by atoms with van der Waals surface area (Å²) in [6.45, 7) is 0. The summed E-state index contributed by atoms with van der Waals surface area (Å²) in [6, 6.07) is 0. The maximum atomic E-state index is 8.63. The Hall–Kier alpha value is 3.43. The third kappa shape index (κ3) is 688. The van der Waals surface area contributed by atoms with E-state index in [-0.39, 0.29) is 86.5 Å². The molecule has 0 aliphatic rings. The fraction of sp³-hybridized carbons (Fsp3) is 0. The molecular weight excluding hydrogens is 1010 g/mol. The Bertz CT molecular complexity index is 350. The van der Waals surface area contributed by atoms with Gasteiger partial charge < -0.3 is 0 Å². The number of rotatable bonds is 0. The van der Waals surface area contributed by atoms with E-state index in [9.17, 15) is 0 Å². The van der Waals surface area contributed by atoms with Gasteiger partial charge in [-0.1, -0.05) is 0 Å². The van der Waals surface area contributed by atoms with Gasteiger partial charge >= 0.3 is 127 Å². The van der Waals surface area contributed by atoms with Gasteiger partial charge in [-0.25, -0.2) is 0 Å². The average Bonchev–Trinajstić information content (AvgIpc) is 1.41. The van der Waals surface area contributed by atoms with E-state index < -0.39 is 50.2 Å². The van der Waals surface area contributed by atoms with Crippen LogP contribution in [-0.4, -0.2) is 52.4 Å². The molecule has 0 saturated carbocycles. The van der Waals surface area contributed by atoms with Crippen molar-refractivity contribution in [3.05, 3.63) is 0 Å². The van der Waals surface area contributed by atoms with Crippen LogP contribution in [0.15, 0.2) is 0 Å². The number of hydrogen-bond donors (Lipinski definition) is 0. The Morgan fingerprint density at radius 3 is 0.421 bits per heavy atom. The quantitative estimate of drug-likeness (QED) is 0.206. The van der Waals surface area contributed by atoms with Crippen LogP contribution in [0, 0.1) is 0 Å². The van der Waals surface area contributed by atoms with Gasteiger partial charge in [-0.15, -0.1) is 0 Å². The molecule has 0 aromatic carbocycles. The molecule has 8 radical (unpaired) electrons. The van der Waals surface area contributed by atoms with Crippen molar-refractivity contribution in [3.8, 4) is 0 Å². The van der Waals surface area contributed by atoms with Crippen molar-refractivity contribution in [3.63, 3.8) is 0 Å². The van der Waals surface area contributed by atoms with E-state index in [2.05, 4.69) is 0 Å². The Morgan fingerprint density at radius 2 is 0.421 bits per heavy atom. The molecule has 0 aliphatic carbocycles. The normalized spacial score (nSPS) is 9.16. The van der Waals surface area contributed by atoms with Crippen LogP contribution in [0.2, 0.25) is 0 Å². The van der Waals surface area contributed by atoms with Crippen LogP contribution in [0.3, 0.4) is 0 Å². The van der Waals surface area contributed by atoms with Gasteiger partial charge in [-0.3, -0.25) is 0 Å². The topological polar surface area (TPSA) is 241 Å². The molecule has 0 atom stereocenters. The van der Waals surface area contributed by atoms with Gasteiger partial charge in [-0.2, -0.15) is 0 Å². The van der Waals surface area contributed by atoms with Crippen LogP contribution in [0.1, 0.15) is 0 Å². The standard InChI is InChI=1S/2Bi.2Fe.3Mo.12O/q;;2*+3;;;;;;;;;;6*-1. The first-order chi connectivity index (χ1) is 6.00. The second-order valence-electron chi connectivity index (χ2n) is 1.22. The summed E-state index contributed by atoms with van der Waals surface area (Å²) in [5.74, 6) is 0. The second-order valence-corrected chi connectivity index (χ2v) is 7.25. The molecular formula is Bi2Fe2Mo3O12. The summed E-state index contributed by atoms with van der Waals surface area (Å²) >= 11 is -18.1. The summed E-state index contributed by atoms with van der Waals surface area (Å²) in [4.78, 5) is 0. The molecule has 0 saturated heterocycles. The maximum absolute atomic E-state index is 8.63. The molecule has 0 aliphatic heterocycles. The summed E-state index contributed by atoms with van der Waals surface area (Å²) in [6.07, 6.45) is 0. The molecule has 0 fully saturated rings. The molecule has 0 spiro atoms. The van der Waals surface area contributed by atoms with Crippen molar-refractivity contribution in [2.45, 2.75) is 0 Å². The first kappa shape index (κ1) is 43.3. The fourth-order valence-corrected chi connectivity index (χ4v) is 0. The first-order valence-electron chi connectivity index (χ1n) is 2.00. The van der Waals surface area contributed by atoms with Crippen LogP contribution in [-0.2, 0) is 105 Å². The van der Waals surface area contributed by atoms with Gasteiger partial charge in [0.05, 0.1) is 0 Å². The van der Waals surface area contributed by atoms with Crippen molar-refractivity contribution in [1.82, 2.24) is 0 Å². The van der Waals surface area contributed by atoms with Crippen molar-refractivity contribution in [2.75, 3.05) is 0 Å². The van der Waals surface area contributed by atoms with Crippen LogP contribution in [0.5, 0.6) is 0 Å². The van der Waals surface area contributed by atoms with Crippen molar-refractivity contribution in [1.29, 1.82) is 0 Å². The molecule has 0 rings (SSSR count). The molecule has 19 heavy (non-hydrogen) atoms.